The highest BCUT2D eigenvalue weighted by Gasteiger charge is 2.04. The topological polar surface area (TPSA) is 232 Å². The summed E-state index contributed by atoms with van der Waals surface area (Å²) in [4.78, 5) is 50.1. The molecule has 0 spiro atoms. The van der Waals surface area contributed by atoms with Crippen LogP contribution in [0.4, 0.5) is 0 Å². The van der Waals surface area contributed by atoms with Crippen LogP contribution in [0.15, 0.2) is 0 Å². The van der Waals surface area contributed by atoms with Gasteiger partial charge in [-0.05, 0) is 247 Å². The molecule has 0 radical (unpaired) electrons. The summed E-state index contributed by atoms with van der Waals surface area (Å²) in [5.74, 6) is 5.69. The zero-order chi connectivity index (χ0) is 60.0. The molecule has 0 bridgehead atoms. The number of hydrogen-bond donors (Lipinski definition) is 0. The molecule has 0 amide bonds. The van der Waals surface area contributed by atoms with Gasteiger partial charge in [0.25, 0.3) is 0 Å². The zero-order valence-electron chi connectivity index (χ0n) is 53.0. The average molecular weight is 1060 g/mol. The summed E-state index contributed by atoms with van der Waals surface area (Å²) in [6.07, 6.45) is 0. The first-order valence-corrected chi connectivity index (χ1v) is 26.1. The van der Waals surface area contributed by atoms with Crippen molar-refractivity contribution < 1.29 is 0 Å². The lowest BCUT2D eigenvalue weighted by molar-refractivity contribution is 0.848. The van der Waals surface area contributed by atoms with E-state index in [9.17, 15) is 0 Å². The van der Waals surface area contributed by atoms with Crippen molar-refractivity contribution in [3.8, 4) is 0 Å². The quantitative estimate of drug-likeness (QED) is 0.137. The van der Waals surface area contributed by atoms with Crippen LogP contribution in [0.25, 0.3) is 0 Å². The van der Waals surface area contributed by atoms with Gasteiger partial charge in [-0.25, -0.2) is 49.8 Å². The molecule has 8 rings (SSSR count). The third kappa shape index (κ3) is 23.4. The van der Waals surface area contributed by atoms with Gasteiger partial charge in [0.2, 0.25) is 0 Å². The van der Waals surface area contributed by atoms with Gasteiger partial charge in [-0.1, -0.05) is 0 Å². The molecule has 0 unspecified atom stereocenters. The van der Waals surface area contributed by atoms with E-state index in [4.69, 9.17) is 0 Å². The molecule has 0 aliphatic carbocycles. The predicted molar refractivity (Wildman–Crippen MR) is 314 cm³/mol. The van der Waals surface area contributed by atoms with Crippen LogP contribution in [0.5, 0.6) is 0 Å². The van der Waals surface area contributed by atoms with E-state index in [-0.39, 0.29) is 0 Å². The Morgan fingerprint density at radius 3 is 0.474 bits per heavy atom. The van der Waals surface area contributed by atoms with E-state index in [1.54, 1.807) is 0 Å². The second-order valence-corrected chi connectivity index (χ2v) is 19.5. The SMILES string of the molecule is Cc1nc(C)c(C)c(C)n1.Cc1nc(C)c(C)c(C)n1.Cc1nc(C)c(C)c(C)n1.Cc1nc(C)c(C)nc1C.Cc1nc(C)nc(C)n1.Cc1nnc(C)c(C)c1C.Cc1nnc(C)c(C)c1C.Cc1nnc(C)c(C)n1. The summed E-state index contributed by atoms with van der Waals surface area (Å²) in [5, 5.41) is 23.6. The third-order valence-electron chi connectivity index (χ3n) is 13.1. The minimum absolute atomic E-state index is 0.734. The average Bonchev–Trinajstić information content (AvgIpc) is 3.34. The van der Waals surface area contributed by atoms with E-state index in [0.717, 1.165) is 132 Å². The van der Waals surface area contributed by atoms with Gasteiger partial charge in [0.05, 0.1) is 56.9 Å². The fraction of sp³-hybridized carbons (Fsp3) is 0.500. The second-order valence-electron chi connectivity index (χ2n) is 19.5. The molecule has 0 N–H and O–H groups in total. The van der Waals surface area contributed by atoms with Crippen molar-refractivity contribution in [3.63, 3.8) is 0 Å². The normalized spacial score (nSPS) is 9.92. The Balaban J connectivity index is 0.000000446. The summed E-state index contributed by atoms with van der Waals surface area (Å²) in [6.45, 7) is 59.3. The minimum atomic E-state index is 0.734. The second kappa shape index (κ2) is 32.3. The number of hydrogen-bond acceptors (Lipinski definition) is 18. The summed E-state index contributed by atoms with van der Waals surface area (Å²) < 4.78 is 0. The standard InChI is InChI=1S/6C8H12N2.2C6H9N3/c1-5-6(2)10-8(4)7(3)9-5;3*1-5-6(2)9-8(4)10-7(5)3;2*1-5-6(2)8(4)10-9-7(5)3;1-4-7-5(2)9-6(3)8-4;1-4-5(2)8-9-6(3)7-4/h6*1-4H3;2*1-3H3. The van der Waals surface area contributed by atoms with E-state index in [0.29, 0.717) is 0 Å². The molecule has 0 saturated carbocycles. The van der Waals surface area contributed by atoms with Crippen LogP contribution >= 0.6 is 0 Å². The number of aryl methyl sites for hydroxylation is 23. The molecule has 18 heteroatoms. The molecule has 0 atom stereocenters. The van der Waals surface area contributed by atoms with E-state index in [1.807, 2.05) is 180 Å². The molecule has 8 aromatic heterocycles. The predicted octanol–water partition coefficient (Wildman–Crippen LogP) is 11.9. The molecule has 8 heterocycles. The summed E-state index contributed by atoms with van der Waals surface area (Å²) in [7, 11) is 0. The minimum Gasteiger partial charge on any atom is -0.255 e. The third-order valence-corrected chi connectivity index (χ3v) is 13.1. The highest BCUT2D eigenvalue weighted by atomic mass is 15.2. The van der Waals surface area contributed by atoms with Crippen LogP contribution in [0.2, 0.25) is 0 Å². The molecule has 0 aliphatic heterocycles. The van der Waals surface area contributed by atoms with Crippen LogP contribution in [0.3, 0.4) is 0 Å². The van der Waals surface area contributed by atoms with E-state index in [1.165, 1.54) is 38.9 Å². The Hall–Kier alpha value is -7.50. The van der Waals surface area contributed by atoms with Gasteiger partial charge in [-0.3, -0.25) is 9.97 Å². The summed E-state index contributed by atoms with van der Waals surface area (Å²) in [6, 6.07) is 0. The number of rotatable bonds is 0. The van der Waals surface area contributed by atoms with Gasteiger partial charge < -0.3 is 0 Å². The van der Waals surface area contributed by atoms with Gasteiger partial charge in [-0.15, -0.1) is 5.10 Å². The van der Waals surface area contributed by atoms with Gasteiger partial charge in [-0.2, -0.15) is 25.5 Å². The lowest BCUT2D eigenvalue weighted by atomic mass is 10.1. The lowest BCUT2D eigenvalue weighted by Crippen LogP contribution is -1.97. The van der Waals surface area contributed by atoms with Crippen molar-refractivity contribution in [2.24, 2.45) is 0 Å². The number of nitrogens with zero attached hydrogens (tertiary/aromatic N) is 18. The Morgan fingerprint density at radius 1 is 0.115 bits per heavy atom. The van der Waals surface area contributed by atoms with Gasteiger partial charge in [0.15, 0.2) is 0 Å². The molecule has 0 fully saturated rings. The van der Waals surface area contributed by atoms with E-state index < -0.39 is 0 Å². The van der Waals surface area contributed by atoms with Crippen LogP contribution in [-0.4, -0.2) is 90.4 Å². The summed E-state index contributed by atoms with van der Waals surface area (Å²) >= 11 is 0. The molecule has 0 aliphatic rings. The van der Waals surface area contributed by atoms with E-state index >= 15 is 0 Å². The monoisotopic (exact) mass is 1060 g/mol. The molecule has 18 nitrogen and oxygen atoms in total. The molecule has 0 aromatic carbocycles. The maximum Gasteiger partial charge on any atom is 0.148 e. The Morgan fingerprint density at radius 2 is 0.282 bits per heavy atom. The molecular formula is C60H90N18. The molecule has 8 aromatic rings. The van der Waals surface area contributed by atoms with Crippen LogP contribution < -0.4 is 0 Å². The molecule has 0 saturated heterocycles. The summed E-state index contributed by atoms with van der Waals surface area (Å²) in [5.41, 5.74) is 25.3. The van der Waals surface area contributed by atoms with E-state index in [2.05, 4.69) is 118 Å². The van der Waals surface area contributed by atoms with Crippen LogP contribution in [0, 0.1) is 208 Å². The fourth-order valence-corrected chi connectivity index (χ4v) is 6.68. The first kappa shape index (κ1) is 68.5. The Kier molecular flexibility index (Phi) is 28.4. The first-order valence-electron chi connectivity index (χ1n) is 26.1. The van der Waals surface area contributed by atoms with Gasteiger partial charge >= 0.3 is 0 Å². The van der Waals surface area contributed by atoms with Crippen molar-refractivity contribution in [1.82, 2.24) is 90.4 Å². The highest BCUT2D eigenvalue weighted by molar-refractivity contribution is 5.30. The fourth-order valence-electron chi connectivity index (χ4n) is 6.68. The lowest BCUT2D eigenvalue weighted by Gasteiger charge is -2.03. The molecule has 78 heavy (non-hydrogen) atoms. The maximum atomic E-state index is 4.31. The largest absolute Gasteiger partial charge is 0.255 e. The number of aromatic nitrogens is 18. The highest BCUT2D eigenvalue weighted by Crippen LogP contribution is 2.13. The van der Waals surface area contributed by atoms with Crippen molar-refractivity contribution in [1.29, 1.82) is 0 Å². The Bertz CT molecular complexity index is 2850. The molecule has 420 valence electrons. The van der Waals surface area contributed by atoms with Gasteiger partial charge in [0, 0.05) is 34.2 Å². The van der Waals surface area contributed by atoms with Crippen molar-refractivity contribution in [2.75, 3.05) is 0 Å². The molecular weight excluding hydrogens is 973 g/mol. The first-order chi connectivity index (χ1) is 36.1. The van der Waals surface area contributed by atoms with Crippen LogP contribution in [-0.2, 0) is 0 Å². The smallest absolute Gasteiger partial charge is 0.148 e. The Labute approximate surface area is 467 Å². The van der Waals surface area contributed by atoms with Crippen molar-refractivity contribution in [3.05, 3.63) is 171 Å². The van der Waals surface area contributed by atoms with Crippen molar-refractivity contribution in [2.45, 2.75) is 208 Å². The maximum absolute atomic E-state index is 4.31. The zero-order valence-corrected chi connectivity index (χ0v) is 53.0. The van der Waals surface area contributed by atoms with Crippen molar-refractivity contribution >= 4 is 0 Å². The van der Waals surface area contributed by atoms with Crippen LogP contribution in [0.1, 0.15) is 171 Å². The van der Waals surface area contributed by atoms with Gasteiger partial charge in [0.1, 0.15) is 40.8 Å².